The maximum Gasteiger partial charge on any atom is 0.156 e. The van der Waals surface area contributed by atoms with E-state index in [0.717, 1.165) is 45.1 Å². The average Bonchev–Trinajstić information content (AvgIpc) is 2.97. The molecule has 0 amide bonds. The highest BCUT2D eigenvalue weighted by molar-refractivity contribution is 9.10. The van der Waals surface area contributed by atoms with Gasteiger partial charge in [-0.3, -0.25) is 0 Å². The molecule has 1 aliphatic rings. The van der Waals surface area contributed by atoms with E-state index in [2.05, 4.69) is 81.9 Å². The summed E-state index contributed by atoms with van der Waals surface area (Å²) in [5.41, 5.74) is 6.23. The van der Waals surface area contributed by atoms with Crippen molar-refractivity contribution in [2.75, 3.05) is 5.32 Å². The first-order chi connectivity index (χ1) is 14.7. The van der Waals surface area contributed by atoms with Crippen molar-refractivity contribution in [1.29, 1.82) is 0 Å². The quantitative estimate of drug-likeness (QED) is 0.376. The molecule has 0 saturated heterocycles. The Kier molecular flexibility index (Phi) is 4.97. The van der Waals surface area contributed by atoms with Crippen LogP contribution in [0.25, 0.3) is 5.69 Å². The van der Waals surface area contributed by atoms with Crippen LogP contribution in [0.2, 0.25) is 0 Å². The fourth-order valence-electron chi connectivity index (χ4n) is 3.84. The van der Waals surface area contributed by atoms with Gasteiger partial charge in [-0.05, 0) is 42.3 Å². The molecule has 1 N–H and O–H groups in total. The normalized spacial score (nSPS) is 15.7. The molecule has 2 heterocycles. The van der Waals surface area contributed by atoms with E-state index in [4.69, 9.17) is 10.1 Å². The molecule has 5 heteroatoms. The maximum absolute atomic E-state index is 5.12. The fraction of sp³-hybridized carbons (Fsp3) is 0.120. The van der Waals surface area contributed by atoms with Gasteiger partial charge in [0.05, 0.1) is 23.1 Å². The molecule has 4 aromatic rings. The van der Waals surface area contributed by atoms with E-state index in [-0.39, 0.29) is 6.04 Å². The Balaban J connectivity index is 1.68. The topological polar surface area (TPSA) is 42.2 Å². The monoisotopic (exact) mass is 456 g/mol. The van der Waals surface area contributed by atoms with Gasteiger partial charge in [-0.15, -0.1) is 0 Å². The smallest absolute Gasteiger partial charge is 0.156 e. The Bertz CT molecular complexity index is 1200. The standard InChI is InChI=1S/C25H21BrN4/c1-17-24-25(30(29-17)21-10-6-3-7-11-21)28-23(18-8-4-2-5-9-18)16-22(27-24)19-12-14-20(26)15-13-19/h2-15,23,28H,16H2,1H3/t23-/m1/s1. The number of benzene rings is 3. The van der Waals surface area contributed by atoms with Gasteiger partial charge in [0, 0.05) is 10.9 Å². The lowest BCUT2D eigenvalue weighted by Crippen LogP contribution is -2.16. The molecular weight excluding hydrogens is 436 g/mol. The van der Waals surface area contributed by atoms with Gasteiger partial charge in [-0.2, -0.15) is 5.10 Å². The molecule has 0 fully saturated rings. The highest BCUT2D eigenvalue weighted by Crippen LogP contribution is 2.39. The zero-order valence-corrected chi connectivity index (χ0v) is 18.2. The zero-order valence-electron chi connectivity index (χ0n) is 16.6. The summed E-state index contributed by atoms with van der Waals surface area (Å²) >= 11 is 3.53. The summed E-state index contributed by atoms with van der Waals surface area (Å²) in [6.07, 6.45) is 0.786. The predicted octanol–water partition coefficient (Wildman–Crippen LogP) is 6.62. The number of para-hydroxylation sites is 1. The Hall–Kier alpha value is -3.18. The van der Waals surface area contributed by atoms with Crippen LogP contribution in [0.15, 0.2) is 94.4 Å². The Morgan fingerprint density at radius 3 is 2.27 bits per heavy atom. The molecule has 1 aromatic heterocycles. The van der Waals surface area contributed by atoms with Gasteiger partial charge < -0.3 is 5.32 Å². The maximum atomic E-state index is 5.12. The van der Waals surface area contributed by atoms with Gasteiger partial charge in [0.15, 0.2) is 5.82 Å². The third-order valence-electron chi connectivity index (χ3n) is 5.36. The SMILES string of the molecule is Cc1nn(-c2ccccc2)c2c1N=C(c1ccc(Br)cc1)C[C@H](c1ccccc1)N2. The number of nitrogens with one attached hydrogen (secondary N) is 1. The van der Waals surface area contributed by atoms with Crippen LogP contribution in [-0.4, -0.2) is 15.5 Å². The van der Waals surface area contributed by atoms with Crippen LogP contribution in [-0.2, 0) is 0 Å². The first-order valence-corrected chi connectivity index (χ1v) is 10.8. The molecule has 0 unspecified atom stereocenters. The molecule has 0 aliphatic carbocycles. The van der Waals surface area contributed by atoms with Crippen LogP contribution >= 0.6 is 15.9 Å². The number of nitrogens with zero attached hydrogens (tertiary/aromatic N) is 3. The van der Waals surface area contributed by atoms with Crippen molar-refractivity contribution in [2.24, 2.45) is 4.99 Å². The third-order valence-corrected chi connectivity index (χ3v) is 5.89. The van der Waals surface area contributed by atoms with Crippen molar-refractivity contribution in [3.05, 3.63) is 106 Å². The third kappa shape index (κ3) is 3.57. The molecule has 1 atom stereocenters. The average molecular weight is 457 g/mol. The fourth-order valence-corrected chi connectivity index (χ4v) is 4.10. The van der Waals surface area contributed by atoms with Crippen LogP contribution in [0.5, 0.6) is 0 Å². The summed E-state index contributed by atoms with van der Waals surface area (Å²) in [4.78, 5) is 5.12. The zero-order chi connectivity index (χ0) is 20.5. The number of anilines is 1. The lowest BCUT2D eigenvalue weighted by molar-refractivity contribution is 0.789. The number of aliphatic imine (C=N–C) groups is 1. The van der Waals surface area contributed by atoms with Crippen molar-refractivity contribution in [3.8, 4) is 5.69 Å². The minimum Gasteiger partial charge on any atom is -0.361 e. The summed E-state index contributed by atoms with van der Waals surface area (Å²) < 4.78 is 3.03. The van der Waals surface area contributed by atoms with E-state index in [0.29, 0.717) is 0 Å². The molecule has 3 aromatic carbocycles. The van der Waals surface area contributed by atoms with E-state index in [9.17, 15) is 0 Å². The first-order valence-electron chi connectivity index (χ1n) is 9.99. The Labute approximate surface area is 184 Å². The minimum atomic E-state index is 0.0911. The van der Waals surface area contributed by atoms with Gasteiger partial charge in [-0.1, -0.05) is 76.6 Å². The Morgan fingerprint density at radius 1 is 0.900 bits per heavy atom. The molecule has 4 nitrogen and oxygen atoms in total. The summed E-state index contributed by atoms with van der Waals surface area (Å²) in [6.45, 7) is 2.02. The van der Waals surface area contributed by atoms with E-state index < -0.39 is 0 Å². The highest BCUT2D eigenvalue weighted by Gasteiger charge is 2.26. The number of fused-ring (bicyclic) bond motifs is 1. The Morgan fingerprint density at radius 2 is 1.57 bits per heavy atom. The number of hydrogen-bond acceptors (Lipinski definition) is 3. The largest absolute Gasteiger partial charge is 0.361 e. The summed E-state index contributed by atoms with van der Waals surface area (Å²) in [6, 6.07) is 29.2. The van der Waals surface area contributed by atoms with E-state index in [1.54, 1.807) is 0 Å². The van der Waals surface area contributed by atoms with Crippen LogP contribution < -0.4 is 5.32 Å². The highest BCUT2D eigenvalue weighted by atomic mass is 79.9. The van der Waals surface area contributed by atoms with Gasteiger partial charge in [-0.25, -0.2) is 9.67 Å². The van der Waals surface area contributed by atoms with Crippen LogP contribution in [0.1, 0.15) is 29.3 Å². The molecule has 5 rings (SSSR count). The summed E-state index contributed by atoms with van der Waals surface area (Å²) in [5, 5.41) is 8.57. The molecule has 0 saturated carbocycles. The minimum absolute atomic E-state index is 0.0911. The van der Waals surface area contributed by atoms with Crippen molar-refractivity contribution >= 4 is 33.1 Å². The summed E-state index contributed by atoms with van der Waals surface area (Å²) in [7, 11) is 0. The van der Waals surface area contributed by atoms with Crippen LogP contribution in [0.3, 0.4) is 0 Å². The summed E-state index contributed by atoms with van der Waals surface area (Å²) in [5.74, 6) is 0.930. The number of rotatable bonds is 3. The van der Waals surface area contributed by atoms with Crippen LogP contribution in [0, 0.1) is 6.92 Å². The van der Waals surface area contributed by atoms with Gasteiger partial charge >= 0.3 is 0 Å². The number of halogens is 1. The second kappa shape index (κ2) is 7.92. The van der Waals surface area contributed by atoms with E-state index >= 15 is 0 Å². The van der Waals surface area contributed by atoms with Crippen molar-refractivity contribution in [1.82, 2.24) is 9.78 Å². The molecule has 0 radical (unpaired) electrons. The number of hydrogen-bond donors (Lipinski definition) is 1. The number of aryl methyl sites for hydroxylation is 1. The predicted molar refractivity (Wildman–Crippen MR) is 126 cm³/mol. The van der Waals surface area contributed by atoms with E-state index in [1.807, 2.05) is 35.9 Å². The second-order valence-corrected chi connectivity index (χ2v) is 8.32. The van der Waals surface area contributed by atoms with Crippen molar-refractivity contribution in [3.63, 3.8) is 0 Å². The van der Waals surface area contributed by atoms with Gasteiger partial charge in [0.1, 0.15) is 5.69 Å². The molecule has 30 heavy (non-hydrogen) atoms. The van der Waals surface area contributed by atoms with Crippen molar-refractivity contribution < 1.29 is 0 Å². The van der Waals surface area contributed by atoms with Gasteiger partial charge in [0.25, 0.3) is 0 Å². The van der Waals surface area contributed by atoms with Crippen molar-refractivity contribution in [2.45, 2.75) is 19.4 Å². The van der Waals surface area contributed by atoms with Gasteiger partial charge in [0.2, 0.25) is 0 Å². The first kappa shape index (κ1) is 18.8. The second-order valence-electron chi connectivity index (χ2n) is 7.41. The lowest BCUT2D eigenvalue weighted by Gasteiger charge is -2.20. The van der Waals surface area contributed by atoms with Crippen LogP contribution in [0.4, 0.5) is 11.5 Å². The molecular formula is C25H21BrN4. The molecule has 0 spiro atoms. The van der Waals surface area contributed by atoms with E-state index in [1.165, 1.54) is 5.56 Å². The molecule has 148 valence electrons. The number of aromatic nitrogens is 2. The molecule has 1 aliphatic heterocycles. The molecule has 0 bridgehead atoms. The lowest BCUT2D eigenvalue weighted by atomic mass is 9.97.